The molecule has 0 aliphatic carbocycles. The van der Waals surface area contributed by atoms with Gasteiger partial charge >= 0.3 is 0 Å². The summed E-state index contributed by atoms with van der Waals surface area (Å²) >= 11 is 3.57. The lowest BCUT2D eigenvalue weighted by atomic mass is 9.88. The average molecular weight is 280 g/mol. The van der Waals surface area contributed by atoms with Crippen molar-refractivity contribution in [2.24, 2.45) is 11.1 Å². The van der Waals surface area contributed by atoms with Crippen LogP contribution in [0.4, 0.5) is 0 Å². The highest BCUT2D eigenvalue weighted by Crippen LogP contribution is 2.39. The number of thiazole rings is 1. The van der Waals surface area contributed by atoms with Crippen LogP contribution in [0.5, 0.6) is 0 Å². The Balaban J connectivity index is 2.26. The Kier molecular flexibility index (Phi) is 3.99. The zero-order valence-electron chi connectivity index (χ0n) is 11.3. The molecular weight excluding hydrogens is 260 g/mol. The summed E-state index contributed by atoms with van der Waals surface area (Å²) in [4.78, 5) is 4.67. The first-order chi connectivity index (χ1) is 8.38. The number of fused-ring (bicyclic) bond motifs is 1. The fourth-order valence-electron chi connectivity index (χ4n) is 2.08. The van der Waals surface area contributed by atoms with Crippen molar-refractivity contribution >= 4 is 33.3 Å². The van der Waals surface area contributed by atoms with Gasteiger partial charge in [-0.25, -0.2) is 4.98 Å². The summed E-state index contributed by atoms with van der Waals surface area (Å²) in [5.74, 6) is 0. The fourth-order valence-corrected chi connectivity index (χ4v) is 4.49. The zero-order valence-corrected chi connectivity index (χ0v) is 12.9. The molecule has 2 N–H and O–H groups in total. The van der Waals surface area contributed by atoms with E-state index in [4.69, 9.17) is 5.73 Å². The van der Waals surface area contributed by atoms with E-state index in [0.29, 0.717) is 5.25 Å². The van der Waals surface area contributed by atoms with Crippen molar-refractivity contribution in [1.29, 1.82) is 0 Å². The second-order valence-electron chi connectivity index (χ2n) is 5.71. The van der Waals surface area contributed by atoms with Gasteiger partial charge in [-0.1, -0.05) is 44.7 Å². The van der Waals surface area contributed by atoms with E-state index in [0.717, 1.165) is 9.86 Å². The van der Waals surface area contributed by atoms with Gasteiger partial charge in [0.05, 0.1) is 10.2 Å². The van der Waals surface area contributed by atoms with Crippen LogP contribution >= 0.6 is 23.1 Å². The standard InChI is InChI=1S/C14H20N2S2/c1-9(15)12(14(2,3)4)18-13-16-10-7-5-6-8-11(10)17-13/h5-9,12H,15H2,1-4H3. The minimum atomic E-state index is 0.155. The third-order valence-corrected chi connectivity index (χ3v) is 5.89. The maximum Gasteiger partial charge on any atom is 0.151 e. The molecule has 0 amide bonds. The molecule has 2 rings (SSSR count). The number of para-hydroxylation sites is 1. The molecule has 0 radical (unpaired) electrons. The molecule has 98 valence electrons. The number of benzene rings is 1. The Morgan fingerprint density at radius 1 is 1.28 bits per heavy atom. The summed E-state index contributed by atoms with van der Waals surface area (Å²) in [6, 6.07) is 8.43. The molecule has 2 atom stereocenters. The maximum atomic E-state index is 6.12. The van der Waals surface area contributed by atoms with E-state index in [2.05, 4.69) is 50.9 Å². The number of nitrogens with zero attached hydrogens (tertiary/aromatic N) is 1. The lowest BCUT2D eigenvalue weighted by Crippen LogP contribution is -2.38. The summed E-state index contributed by atoms with van der Waals surface area (Å²) < 4.78 is 2.37. The van der Waals surface area contributed by atoms with Gasteiger partial charge in [-0.05, 0) is 24.5 Å². The summed E-state index contributed by atoms with van der Waals surface area (Å²) in [5.41, 5.74) is 7.38. The van der Waals surface area contributed by atoms with E-state index in [1.54, 1.807) is 11.3 Å². The molecule has 0 spiro atoms. The Hall–Kier alpha value is -0.580. The molecule has 0 fully saturated rings. The van der Waals surface area contributed by atoms with E-state index >= 15 is 0 Å². The average Bonchev–Trinajstić information content (AvgIpc) is 2.66. The first-order valence-electron chi connectivity index (χ1n) is 6.16. The number of hydrogen-bond donors (Lipinski definition) is 1. The van der Waals surface area contributed by atoms with Gasteiger partial charge in [-0.15, -0.1) is 11.3 Å². The predicted molar refractivity (Wildman–Crippen MR) is 82.4 cm³/mol. The molecule has 18 heavy (non-hydrogen) atoms. The summed E-state index contributed by atoms with van der Waals surface area (Å²) in [6.07, 6.45) is 0. The van der Waals surface area contributed by atoms with Crippen LogP contribution in [0.2, 0.25) is 0 Å². The molecule has 0 saturated heterocycles. The summed E-state index contributed by atoms with van der Waals surface area (Å²) in [7, 11) is 0. The number of aromatic nitrogens is 1. The Bertz CT molecular complexity index is 493. The van der Waals surface area contributed by atoms with Crippen molar-refractivity contribution < 1.29 is 0 Å². The van der Waals surface area contributed by atoms with E-state index in [1.165, 1.54) is 4.70 Å². The lowest BCUT2D eigenvalue weighted by Gasteiger charge is -2.32. The maximum absolute atomic E-state index is 6.12. The van der Waals surface area contributed by atoms with Crippen molar-refractivity contribution in [2.75, 3.05) is 0 Å². The van der Waals surface area contributed by atoms with Crippen LogP contribution in [0.15, 0.2) is 28.6 Å². The normalized spacial score (nSPS) is 15.8. The largest absolute Gasteiger partial charge is 0.327 e. The second-order valence-corrected chi connectivity index (χ2v) is 8.13. The van der Waals surface area contributed by atoms with Crippen LogP contribution in [0.3, 0.4) is 0 Å². The minimum Gasteiger partial charge on any atom is -0.327 e. The summed E-state index contributed by atoms with van der Waals surface area (Å²) in [6.45, 7) is 8.79. The third-order valence-electron chi connectivity index (χ3n) is 2.83. The van der Waals surface area contributed by atoms with Gasteiger partial charge in [0.1, 0.15) is 0 Å². The molecule has 1 heterocycles. The quantitative estimate of drug-likeness (QED) is 0.858. The van der Waals surface area contributed by atoms with Crippen LogP contribution in [0, 0.1) is 5.41 Å². The van der Waals surface area contributed by atoms with Gasteiger partial charge < -0.3 is 5.73 Å². The zero-order chi connectivity index (χ0) is 13.3. The van der Waals surface area contributed by atoms with Gasteiger partial charge in [0.15, 0.2) is 4.34 Å². The fraction of sp³-hybridized carbons (Fsp3) is 0.500. The number of thioether (sulfide) groups is 1. The van der Waals surface area contributed by atoms with Gasteiger partial charge in [-0.2, -0.15) is 0 Å². The molecule has 2 nitrogen and oxygen atoms in total. The van der Waals surface area contributed by atoms with Crippen LogP contribution < -0.4 is 5.73 Å². The molecule has 0 aliphatic rings. The van der Waals surface area contributed by atoms with Crippen molar-refractivity contribution in [1.82, 2.24) is 4.98 Å². The van der Waals surface area contributed by atoms with Crippen molar-refractivity contribution in [3.63, 3.8) is 0 Å². The number of rotatable bonds is 3. The monoisotopic (exact) mass is 280 g/mol. The predicted octanol–water partition coefficient (Wildman–Crippen LogP) is 4.15. The topological polar surface area (TPSA) is 38.9 Å². The molecule has 0 saturated carbocycles. The summed E-state index contributed by atoms with van der Waals surface area (Å²) in [5, 5.41) is 0.373. The van der Waals surface area contributed by atoms with Crippen LogP contribution in [-0.2, 0) is 0 Å². The highest BCUT2D eigenvalue weighted by Gasteiger charge is 2.29. The first-order valence-corrected chi connectivity index (χ1v) is 7.85. The first kappa shape index (κ1) is 13.8. The Morgan fingerprint density at radius 2 is 1.94 bits per heavy atom. The number of nitrogens with two attached hydrogens (primary N) is 1. The molecule has 1 aromatic heterocycles. The SMILES string of the molecule is CC(N)C(Sc1nc2ccccc2s1)C(C)(C)C. The molecular formula is C14H20N2S2. The molecule has 1 aromatic carbocycles. The lowest BCUT2D eigenvalue weighted by molar-refractivity contribution is 0.363. The molecule has 0 bridgehead atoms. The van der Waals surface area contributed by atoms with E-state index < -0.39 is 0 Å². The highest BCUT2D eigenvalue weighted by molar-refractivity contribution is 8.01. The van der Waals surface area contributed by atoms with Gasteiger partial charge in [0.25, 0.3) is 0 Å². The second kappa shape index (κ2) is 5.19. The van der Waals surface area contributed by atoms with E-state index in [9.17, 15) is 0 Å². The molecule has 0 aliphatic heterocycles. The Labute approximate surface area is 117 Å². The van der Waals surface area contributed by atoms with Gasteiger partial charge in [-0.3, -0.25) is 0 Å². The van der Waals surface area contributed by atoms with Crippen LogP contribution in [0.1, 0.15) is 27.7 Å². The highest BCUT2D eigenvalue weighted by atomic mass is 32.2. The minimum absolute atomic E-state index is 0.155. The van der Waals surface area contributed by atoms with Gasteiger partial charge in [0.2, 0.25) is 0 Å². The third kappa shape index (κ3) is 3.05. The molecule has 4 heteroatoms. The van der Waals surface area contributed by atoms with Crippen LogP contribution in [-0.4, -0.2) is 16.3 Å². The van der Waals surface area contributed by atoms with Crippen LogP contribution in [0.25, 0.3) is 10.2 Å². The molecule has 2 unspecified atom stereocenters. The van der Waals surface area contributed by atoms with Crippen molar-refractivity contribution in [2.45, 2.75) is 43.3 Å². The van der Waals surface area contributed by atoms with E-state index in [-0.39, 0.29) is 11.5 Å². The van der Waals surface area contributed by atoms with Crippen molar-refractivity contribution in [3.05, 3.63) is 24.3 Å². The number of hydrogen-bond acceptors (Lipinski definition) is 4. The smallest absolute Gasteiger partial charge is 0.151 e. The van der Waals surface area contributed by atoms with Crippen molar-refractivity contribution in [3.8, 4) is 0 Å². The van der Waals surface area contributed by atoms with Gasteiger partial charge in [0, 0.05) is 11.3 Å². The molecule has 2 aromatic rings. The Morgan fingerprint density at radius 3 is 2.50 bits per heavy atom. The van der Waals surface area contributed by atoms with E-state index in [1.807, 2.05) is 17.8 Å².